The van der Waals surface area contributed by atoms with Crippen LogP contribution in [0.5, 0.6) is 0 Å². The molecule has 0 aromatic heterocycles. The monoisotopic (exact) mass is 219 g/mol. The summed E-state index contributed by atoms with van der Waals surface area (Å²) in [5, 5.41) is 0. The van der Waals surface area contributed by atoms with Gasteiger partial charge in [-0.25, -0.2) is 0 Å². The molecule has 1 aliphatic rings. The Morgan fingerprint density at radius 3 is 2.75 bits per heavy atom. The molecule has 1 aliphatic heterocycles. The van der Waals surface area contributed by atoms with Gasteiger partial charge in [-0.15, -0.1) is 0 Å². The first-order valence-electron chi connectivity index (χ1n) is 5.82. The van der Waals surface area contributed by atoms with Gasteiger partial charge >= 0.3 is 0 Å². The molecule has 1 fully saturated rings. The van der Waals surface area contributed by atoms with E-state index >= 15 is 0 Å². The molecule has 1 saturated heterocycles. The number of allylic oxidation sites excluding steroid dienone is 2. The number of piperidine rings is 1. The quantitative estimate of drug-likeness (QED) is 0.678. The van der Waals surface area contributed by atoms with Crippen molar-refractivity contribution in [1.29, 1.82) is 0 Å². The van der Waals surface area contributed by atoms with Crippen LogP contribution in [0.15, 0.2) is 37.0 Å². The van der Waals surface area contributed by atoms with Crippen LogP contribution in [0, 0.1) is 0 Å². The number of carbonyl (C=O) groups excluding carboxylic acids is 1. The number of rotatable bonds is 4. The van der Waals surface area contributed by atoms with E-state index in [9.17, 15) is 4.79 Å². The molecule has 1 heterocycles. The summed E-state index contributed by atoms with van der Waals surface area (Å²) in [5.74, 6) is 0.379. The maximum atomic E-state index is 11.3. The van der Waals surface area contributed by atoms with E-state index in [-0.39, 0.29) is 0 Å². The Morgan fingerprint density at radius 1 is 1.56 bits per heavy atom. The predicted molar refractivity (Wildman–Crippen MR) is 68.3 cm³/mol. The lowest BCUT2D eigenvalue weighted by atomic mass is 9.97. The summed E-state index contributed by atoms with van der Waals surface area (Å²) >= 11 is 0. The molecule has 2 nitrogen and oxygen atoms in total. The Labute approximate surface area is 98.3 Å². The topological polar surface area (TPSA) is 20.3 Å². The highest BCUT2D eigenvalue weighted by Gasteiger charge is 2.27. The predicted octanol–water partition coefficient (Wildman–Crippen LogP) is 2.73. The van der Waals surface area contributed by atoms with Crippen molar-refractivity contribution in [2.45, 2.75) is 38.8 Å². The molecule has 0 radical (unpaired) electrons. The Hall–Kier alpha value is -1.15. The van der Waals surface area contributed by atoms with Crippen LogP contribution in [0.3, 0.4) is 0 Å². The summed E-state index contributed by atoms with van der Waals surface area (Å²) in [6, 6.07) is 0.628. The number of likely N-dealkylation sites (tertiary alicyclic amines) is 1. The van der Waals surface area contributed by atoms with Crippen molar-refractivity contribution >= 4 is 5.78 Å². The van der Waals surface area contributed by atoms with E-state index in [1.165, 1.54) is 0 Å². The van der Waals surface area contributed by atoms with E-state index in [4.69, 9.17) is 0 Å². The van der Waals surface area contributed by atoms with Crippen LogP contribution in [-0.4, -0.2) is 29.3 Å². The molecule has 88 valence electrons. The summed E-state index contributed by atoms with van der Waals surface area (Å²) in [6.07, 6.45) is 6.99. The third-order valence-electron chi connectivity index (χ3n) is 3.26. The third kappa shape index (κ3) is 2.92. The minimum absolute atomic E-state index is 0.304. The lowest BCUT2D eigenvalue weighted by molar-refractivity contribution is -0.123. The molecule has 2 heteroatoms. The van der Waals surface area contributed by atoms with E-state index in [2.05, 4.69) is 31.9 Å². The van der Waals surface area contributed by atoms with Crippen LogP contribution < -0.4 is 0 Å². The number of nitrogens with zero attached hydrogens (tertiary/aromatic N) is 1. The van der Waals surface area contributed by atoms with Gasteiger partial charge in [0.2, 0.25) is 0 Å². The molecule has 0 N–H and O–H groups in total. The van der Waals surface area contributed by atoms with Gasteiger partial charge in [-0.2, -0.15) is 0 Å². The van der Waals surface area contributed by atoms with E-state index in [1.54, 1.807) is 6.08 Å². The van der Waals surface area contributed by atoms with E-state index < -0.39 is 0 Å². The molecule has 0 aromatic carbocycles. The first-order chi connectivity index (χ1) is 7.60. The second kappa shape index (κ2) is 5.80. The molecule has 0 spiro atoms. The highest BCUT2D eigenvalue weighted by Crippen LogP contribution is 2.21. The van der Waals surface area contributed by atoms with Crippen molar-refractivity contribution in [3.8, 4) is 0 Å². The summed E-state index contributed by atoms with van der Waals surface area (Å²) in [7, 11) is 0. The molecule has 1 rings (SSSR count). The van der Waals surface area contributed by atoms with Gasteiger partial charge in [0.05, 0.1) is 0 Å². The molecule has 0 amide bonds. The molecule has 2 atom stereocenters. The number of ketones is 1. The number of hydrogen-bond donors (Lipinski definition) is 0. The van der Waals surface area contributed by atoms with Gasteiger partial charge in [-0.1, -0.05) is 31.4 Å². The average molecular weight is 219 g/mol. The van der Waals surface area contributed by atoms with Crippen molar-refractivity contribution < 1.29 is 4.79 Å². The first kappa shape index (κ1) is 12.9. The normalized spacial score (nSPS) is 25.2. The van der Waals surface area contributed by atoms with Gasteiger partial charge in [0, 0.05) is 31.5 Å². The summed E-state index contributed by atoms with van der Waals surface area (Å²) in [4.78, 5) is 13.7. The maximum Gasteiger partial charge on any atom is 0.135 e. The highest BCUT2D eigenvalue weighted by atomic mass is 16.1. The second-order valence-corrected chi connectivity index (χ2v) is 4.36. The average Bonchev–Trinajstić information content (AvgIpc) is 2.25. The van der Waals surface area contributed by atoms with Crippen LogP contribution in [0.25, 0.3) is 0 Å². The Morgan fingerprint density at radius 2 is 2.25 bits per heavy atom. The molecule has 0 saturated carbocycles. The number of Topliss-reactive ketones (excluding diaryl/α,β-unsaturated/α-hetero) is 1. The van der Waals surface area contributed by atoms with Crippen molar-refractivity contribution in [2.75, 3.05) is 6.54 Å². The van der Waals surface area contributed by atoms with Crippen LogP contribution in [0.4, 0.5) is 0 Å². The fraction of sp³-hybridized carbons (Fsp3) is 0.500. The van der Waals surface area contributed by atoms with Gasteiger partial charge in [0.1, 0.15) is 5.78 Å². The SMILES string of the molecule is C=C/C=C(\C=C)C(C)N1CCC(=O)CC1C. The largest absolute Gasteiger partial charge is 0.300 e. The molecule has 0 bridgehead atoms. The van der Waals surface area contributed by atoms with Crippen LogP contribution in [0.1, 0.15) is 26.7 Å². The minimum Gasteiger partial charge on any atom is -0.300 e. The molecule has 2 unspecified atom stereocenters. The smallest absolute Gasteiger partial charge is 0.135 e. The third-order valence-corrected chi connectivity index (χ3v) is 3.26. The summed E-state index contributed by atoms with van der Waals surface area (Å²) in [5.41, 5.74) is 1.16. The second-order valence-electron chi connectivity index (χ2n) is 4.36. The van der Waals surface area contributed by atoms with Crippen LogP contribution in [-0.2, 0) is 4.79 Å². The number of carbonyl (C=O) groups is 1. The standard InChI is InChI=1S/C14H21NO/c1-5-7-13(6-2)12(4)15-9-8-14(16)10-11(15)3/h5-7,11-12H,1-2,8-10H2,3-4H3/b13-7+. The molecule has 0 aliphatic carbocycles. The van der Waals surface area contributed by atoms with E-state index in [0.717, 1.165) is 12.1 Å². The van der Waals surface area contributed by atoms with Gasteiger partial charge in [0.25, 0.3) is 0 Å². The van der Waals surface area contributed by atoms with Crippen LogP contribution in [0.2, 0.25) is 0 Å². The summed E-state index contributed by atoms with van der Waals surface area (Å²) < 4.78 is 0. The van der Waals surface area contributed by atoms with Crippen molar-refractivity contribution in [1.82, 2.24) is 4.90 Å². The molecular weight excluding hydrogens is 198 g/mol. The maximum absolute atomic E-state index is 11.3. The first-order valence-corrected chi connectivity index (χ1v) is 5.82. The zero-order chi connectivity index (χ0) is 12.1. The van der Waals surface area contributed by atoms with Gasteiger partial charge in [-0.3, -0.25) is 9.69 Å². The fourth-order valence-electron chi connectivity index (χ4n) is 2.30. The molecular formula is C14H21NO. The van der Waals surface area contributed by atoms with Gasteiger partial charge < -0.3 is 0 Å². The van der Waals surface area contributed by atoms with Crippen LogP contribution >= 0.6 is 0 Å². The zero-order valence-corrected chi connectivity index (χ0v) is 10.3. The van der Waals surface area contributed by atoms with Gasteiger partial charge in [-0.05, 0) is 19.4 Å². The Bertz CT molecular complexity index is 317. The lowest BCUT2D eigenvalue weighted by Crippen LogP contribution is -2.46. The summed E-state index contributed by atoms with van der Waals surface area (Å²) in [6.45, 7) is 12.7. The lowest BCUT2D eigenvalue weighted by Gasteiger charge is -2.38. The minimum atomic E-state index is 0.304. The van der Waals surface area contributed by atoms with E-state index in [0.29, 0.717) is 30.7 Å². The molecule has 0 aromatic rings. The van der Waals surface area contributed by atoms with E-state index in [1.807, 2.05) is 12.2 Å². The van der Waals surface area contributed by atoms with Crippen molar-refractivity contribution in [2.24, 2.45) is 0 Å². The Kier molecular flexibility index (Phi) is 4.69. The van der Waals surface area contributed by atoms with Crippen molar-refractivity contribution in [3.63, 3.8) is 0 Å². The molecule has 16 heavy (non-hydrogen) atoms. The van der Waals surface area contributed by atoms with Gasteiger partial charge in [0.15, 0.2) is 0 Å². The zero-order valence-electron chi connectivity index (χ0n) is 10.3. The van der Waals surface area contributed by atoms with Crippen molar-refractivity contribution in [3.05, 3.63) is 37.0 Å². The fourth-order valence-corrected chi connectivity index (χ4v) is 2.30. The Balaban J connectivity index is 2.76. The highest BCUT2D eigenvalue weighted by molar-refractivity contribution is 5.79. The number of hydrogen-bond acceptors (Lipinski definition) is 2.